The summed E-state index contributed by atoms with van der Waals surface area (Å²) in [4.78, 5) is 21.3. The number of amides is 1. The number of likely N-dealkylation sites (N-methyl/N-ethyl adjacent to an activating group) is 1. The number of carbonyl (C=O) groups excluding carboxylic acids is 1. The molecule has 2 aromatic carbocycles. The molecule has 7 heteroatoms. The van der Waals surface area contributed by atoms with Gasteiger partial charge in [-0.05, 0) is 50.5 Å². The number of para-hydroxylation sites is 1. The van der Waals surface area contributed by atoms with Gasteiger partial charge in [-0.3, -0.25) is 9.69 Å². The van der Waals surface area contributed by atoms with E-state index >= 15 is 0 Å². The molecule has 3 rings (SSSR count). The summed E-state index contributed by atoms with van der Waals surface area (Å²) < 4.78 is 19.5. The van der Waals surface area contributed by atoms with Crippen molar-refractivity contribution in [1.82, 2.24) is 9.88 Å². The van der Waals surface area contributed by atoms with Crippen LogP contribution in [0.25, 0.3) is 10.2 Å². The van der Waals surface area contributed by atoms with Crippen molar-refractivity contribution in [2.45, 2.75) is 0 Å². The van der Waals surface area contributed by atoms with Gasteiger partial charge in [-0.2, -0.15) is 0 Å². The smallest absolute Gasteiger partial charge is 0.260 e. The van der Waals surface area contributed by atoms with Crippen LogP contribution in [0.1, 0.15) is 10.4 Å². The van der Waals surface area contributed by atoms with E-state index in [9.17, 15) is 9.18 Å². The number of anilines is 1. The van der Waals surface area contributed by atoms with Gasteiger partial charge in [-0.15, -0.1) is 0 Å². The van der Waals surface area contributed by atoms with Gasteiger partial charge in [-0.25, -0.2) is 9.37 Å². The standard InChI is InChI=1S/C19H20FN3O2S/c1-22(2)11-12-23(18(24)13-7-9-14(20)10-8-13)19-21-17-15(25-3)5-4-6-16(17)26-19/h4-10H,11-12H2,1-3H3. The van der Waals surface area contributed by atoms with Gasteiger partial charge in [0.05, 0.1) is 11.8 Å². The number of benzene rings is 2. The van der Waals surface area contributed by atoms with Gasteiger partial charge in [0.25, 0.3) is 5.91 Å². The Morgan fingerprint density at radius 3 is 2.54 bits per heavy atom. The molecule has 0 unspecified atom stereocenters. The predicted molar refractivity (Wildman–Crippen MR) is 103 cm³/mol. The lowest BCUT2D eigenvalue weighted by Crippen LogP contribution is -2.36. The first-order valence-corrected chi connectivity index (χ1v) is 8.97. The molecular formula is C19H20FN3O2S. The van der Waals surface area contributed by atoms with Gasteiger partial charge in [0.1, 0.15) is 17.1 Å². The Bertz CT molecular complexity index is 909. The number of halogens is 1. The fourth-order valence-corrected chi connectivity index (χ4v) is 3.53. The molecule has 1 aromatic heterocycles. The summed E-state index contributed by atoms with van der Waals surface area (Å²) in [6.07, 6.45) is 0. The average molecular weight is 373 g/mol. The quantitative estimate of drug-likeness (QED) is 0.662. The first-order chi connectivity index (χ1) is 12.5. The third-order valence-electron chi connectivity index (χ3n) is 3.93. The molecule has 1 heterocycles. The lowest BCUT2D eigenvalue weighted by Gasteiger charge is -2.22. The highest BCUT2D eigenvalue weighted by Crippen LogP contribution is 2.34. The Labute approximate surface area is 155 Å². The van der Waals surface area contributed by atoms with Crippen molar-refractivity contribution in [1.29, 1.82) is 0 Å². The monoisotopic (exact) mass is 373 g/mol. The zero-order valence-corrected chi connectivity index (χ0v) is 15.7. The van der Waals surface area contributed by atoms with Crippen LogP contribution in [0.4, 0.5) is 9.52 Å². The van der Waals surface area contributed by atoms with Crippen molar-refractivity contribution in [2.24, 2.45) is 0 Å². The molecule has 0 atom stereocenters. The van der Waals surface area contributed by atoms with E-state index in [1.807, 2.05) is 37.2 Å². The Hall–Kier alpha value is -2.51. The zero-order valence-electron chi connectivity index (χ0n) is 14.9. The summed E-state index contributed by atoms with van der Waals surface area (Å²) in [5.41, 5.74) is 1.16. The van der Waals surface area contributed by atoms with E-state index in [-0.39, 0.29) is 11.7 Å². The highest BCUT2D eigenvalue weighted by Gasteiger charge is 2.22. The molecule has 0 N–H and O–H groups in total. The first kappa shape index (κ1) is 18.3. The van der Waals surface area contributed by atoms with Gasteiger partial charge in [0.2, 0.25) is 0 Å². The molecule has 0 saturated heterocycles. The van der Waals surface area contributed by atoms with E-state index in [4.69, 9.17) is 4.74 Å². The summed E-state index contributed by atoms with van der Waals surface area (Å²) in [6.45, 7) is 1.16. The van der Waals surface area contributed by atoms with Gasteiger partial charge >= 0.3 is 0 Å². The van der Waals surface area contributed by atoms with Crippen LogP contribution in [0.3, 0.4) is 0 Å². The highest BCUT2D eigenvalue weighted by atomic mass is 32.1. The maximum absolute atomic E-state index is 13.2. The molecule has 0 aliphatic heterocycles. The number of nitrogens with zero attached hydrogens (tertiary/aromatic N) is 3. The van der Waals surface area contributed by atoms with Crippen molar-refractivity contribution in [3.8, 4) is 5.75 Å². The minimum atomic E-state index is -0.369. The molecule has 0 aliphatic carbocycles. The minimum Gasteiger partial charge on any atom is -0.494 e. The molecule has 0 spiro atoms. The minimum absolute atomic E-state index is 0.204. The second kappa shape index (κ2) is 7.80. The summed E-state index contributed by atoms with van der Waals surface area (Å²) in [5.74, 6) is 0.0998. The van der Waals surface area contributed by atoms with E-state index in [1.54, 1.807) is 12.0 Å². The summed E-state index contributed by atoms with van der Waals surface area (Å²) in [5, 5.41) is 0.598. The van der Waals surface area contributed by atoms with Crippen LogP contribution in [-0.2, 0) is 0 Å². The Morgan fingerprint density at radius 2 is 1.88 bits per heavy atom. The van der Waals surface area contributed by atoms with Gasteiger partial charge in [0, 0.05) is 18.7 Å². The number of rotatable bonds is 6. The molecule has 0 radical (unpaired) electrons. The van der Waals surface area contributed by atoms with Crippen LogP contribution in [0.2, 0.25) is 0 Å². The fraction of sp³-hybridized carbons (Fsp3) is 0.263. The van der Waals surface area contributed by atoms with E-state index in [0.29, 0.717) is 29.5 Å². The van der Waals surface area contributed by atoms with E-state index in [0.717, 1.165) is 10.2 Å². The van der Waals surface area contributed by atoms with Crippen LogP contribution >= 0.6 is 11.3 Å². The van der Waals surface area contributed by atoms with Crippen LogP contribution in [0, 0.1) is 5.82 Å². The predicted octanol–water partition coefficient (Wildman–Crippen LogP) is 3.65. The first-order valence-electron chi connectivity index (χ1n) is 8.15. The second-order valence-corrected chi connectivity index (χ2v) is 7.08. The number of aromatic nitrogens is 1. The summed E-state index contributed by atoms with van der Waals surface area (Å²) >= 11 is 1.43. The lowest BCUT2D eigenvalue weighted by atomic mass is 10.2. The van der Waals surface area contributed by atoms with Crippen molar-refractivity contribution in [2.75, 3.05) is 39.2 Å². The van der Waals surface area contributed by atoms with E-state index < -0.39 is 0 Å². The highest BCUT2D eigenvalue weighted by molar-refractivity contribution is 7.22. The number of thiazole rings is 1. The summed E-state index contributed by atoms with van der Waals surface area (Å²) in [7, 11) is 5.49. The molecule has 0 saturated carbocycles. The van der Waals surface area contributed by atoms with E-state index in [2.05, 4.69) is 4.98 Å². The molecule has 1 amide bonds. The lowest BCUT2D eigenvalue weighted by molar-refractivity contribution is 0.0985. The maximum Gasteiger partial charge on any atom is 0.260 e. The van der Waals surface area contributed by atoms with Gasteiger partial charge < -0.3 is 9.64 Å². The fourth-order valence-electron chi connectivity index (χ4n) is 2.52. The Morgan fingerprint density at radius 1 is 1.15 bits per heavy atom. The zero-order chi connectivity index (χ0) is 18.7. The van der Waals surface area contributed by atoms with Gasteiger partial charge in [0.15, 0.2) is 5.13 Å². The molecule has 0 aliphatic rings. The van der Waals surface area contributed by atoms with Crippen molar-refractivity contribution < 1.29 is 13.9 Å². The molecule has 26 heavy (non-hydrogen) atoms. The average Bonchev–Trinajstić information content (AvgIpc) is 3.05. The van der Waals surface area contributed by atoms with Crippen LogP contribution in [-0.4, -0.2) is 50.1 Å². The second-order valence-electron chi connectivity index (χ2n) is 6.07. The SMILES string of the molecule is COc1cccc2sc(N(CCN(C)C)C(=O)c3ccc(F)cc3)nc12. The molecule has 5 nitrogen and oxygen atoms in total. The Balaban J connectivity index is 2.00. The largest absolute Gasteiger partial charge is 0.494 e. The summed E-state index contributed by atoms with van der Waals surface area (Å²) in [6, 6.07) is 11.3. The number of fused-ring (bicyclic) bond motifs is 1. The van der Waals surface area contributed by atoms with Crippen molar-refractivity contribution >= 4 is 32.6 Å². The number of hydrogen-bond acceptors (Lipinski definition) is 5. The normalized spacial score (nSPS) is 11.1. The number of ether oxygens (including phenoxy) is 1. The van der Waals surface area contributed by atoms with Crippen LogP contribution < -0.4 is 9.64 Å². The molecule has 3 aromatic rings. The topological polar surface area (TPSA) is 45.7 Å². The van der Waals surface area contributed by atoms with Crippen molar-refractivity contribution in [3.63, 3.8) is 0 Å². The molecule has 0 fully saturated rings. The van der Waals surface area contributed by atoms with Crippen LogP contribution in [0.5, 0.6) is 5.75 Å². The third kappa shape index (κ3) is 3.84. The van der Waals surface area contributed by atoms with Crippen LogP contribution in [0.15, 0.2) is 42.5 Å². The molecule has 0 bridgehead atoms. The number of carbonyl (C=O) groups is 1. The molecular weight excluding hydrogens is 353 g/mol. The van der Waals surface area contributed by atoms with Gasteiger partial charge in [-0.1, -0.05) is 17.4 Å². The number of hydrogen-bond donors (Lipinski definition) is 0. The third-order valence-corrected chi connectivity index (χ3v) is 4.97. The van der Waals surface area contributed by atoms with Crippen molar-refractivity contribution in [3.05, 3.63) is 53.8 Å². The molecule has 136 valence electrons. The van der Waals surface area contributed by atoms with E-state index in [1.165, 1.54) is 35.6 Å². The maximum atomic E-state index is 13.2. The Kier molecular flexibility index (Phi) is 5.49. The number of methoxy groups -OCH3 is 1.